The Morgan fingerprint density at radius 1 is 1.38 bits per heavy atom. The quantitative estimate of drug-likeness (QED) is 0.346. The Kier molecular flexibility index (Phi) is 2.50. The summed E-state index contributed by atoms with van der Waals surface area (Å²) in [5, 5.41) is 0. The molecule has 0 aliphatic heterocycles. The lowest BCUT2D eigenvalue weighted by Crippen LogP contribution is -1.98. The highest BCUT2D eigenvalue weighted by molar-refractivity contribution is 5.78. The van der Waals surface area contributed by atoms with E-state index in [9.17, 15) is 9.18 Å². The summed E-state index contributed by atoms with van der Waals surface area (Å²) in [6.45, 7) is 0. The molecule has 1 aromatic carbocycles. The molecule has 0 aliphatic rings. The van der Waals surface area contributed by atoms with Crippen molar-refractivity contribution < 1.29 is 9.18 Å². The van der Waals surface area contributed by atoms with Gasteiger partial charge in [0.15, 0.2) is 6.29 Å². The highest BCUT2D eigenvalue weighted by Gasteiger charge is 2.02. The van der Waals surface area contributed by atoms with Gasteiger partial charge in [0.25, 0.3) is 0 Å². The van der Waals surface area contributed by atoms with Gasteiger partial charge in [0, 0.05) is 0 Å². The molecule has 0 heterocycles. The summed E-state index contributed by atoms with van der Waals surface area (Å²) in [5.41, 5.74) is 11.4. The number of rotatable bonds is 0. The van der Waals surface area contributed by atoms with Gasteiger partial charge in [-0.15, -0.1) is 0 Å². The number of carbonyl (C=O) groups excluding carboxylic acids is 1. The van der Waals surface area contributed by atoms with Gasteiger partial charge in [-0.3, -0.25) is 4.79 Å². The smallest absolute Gasteiger partial charge is 0.193 e. The van der Waals surface area contributed by atoms with E-state index in [0.29, 0.717) is 6.29 Å². The molecular formula is C9H7FN2O. The molecule has 0 radical (unpaired) electrons. The monoisotopic (exact) mass is 178 g/mol. The Morgan fingerprint density at radius 2 is 2.08 bits per heavy atom. The van der Waals surface area contributed by atoms with E-state index < -0.39 is 5.82 Å². The van der Waals surface area contributed by atoms with Crippen LogP contribution in [0.25, 0.3) is 0 Å². The Labute approximate surface area is 74.5 Å². The molecule has 4 heteroatoms. The van der Waals surface area contributed by atoms with Gasteiger partial charge in [0.1, 0.15) is 5.82 Å². The van der Waals surface area contributed by atoms with Crippen molar-refractivity contribution in [2.45, 2.75) is 0 Å². The molecule has 0 amide bonds. The summed E-state index contributed by atoms with van der Waals surface area (Å²) in [6, 6.07) is 2.23. The van der Waals surface area contributed by atoms with Crippen molar-refractivity contribution in [1.29, 1.82) is 0 Å². The molecule has 1 aromatic rings. The summed E-state index contributed by atoms with van der Waals surface area (Å²) in [5.74, 6) is 3.98. The van der Waals surface area contributed by atoms with Crippen molar-refractivity contribution in [3.8, 4) is 11.8 Å². The second kappa shape index (κ2) is 3.59. The summed E-state index contributed by atoms with van der Waals surface area (Å²) in [7, 11) is 0. The number of nitrogens with two attached hydrogens (primary N) is 2. The van der Waals surface area contributed by atoms with Crippen LogP contribution in [0.2, 0.25) is 0 Å². The standard InChI is InChI=1S/C9H7FN2O/c10-7-4-6(2-1-3-13)9(12)8(11)5-7/h3-5H,11-12H2. The van der Waals surface area contributed by atoms with Crippen LogP contribution in [0.15, 0.2) is 12.1 Å². The topological polar surface area (TPSA) is 69.1 Å². The minimum Gasteiger partial charge on any atom is -0.397 e. The third-order valence-corrected chi connectivity index (χ3v) is 1.44. The maximum atomic E-state index is 12.7. The maximum Gasteiger partial charge on any atom is 0.193 e. The second-order valence-electron chi connectivity index (χ2n) is 2.34. The molecule has 1 rings (SSSR count). The molecule has 0 bridgehead atoms. The first-order valence-electron chi connectivity index (χ1n) is 3.45. The molecule has 66 valence electrons. The zero-order valence-electron chi connectivity index (χ0n) is 6.67. The zero-order valence-corrected chi connectivity index (χ0v) is 6.67. The number of anilines is 2. The fourth-order valence-corrected chi connectivity index (χ4v) is 0.850. The summed E-state index contributed by atoms with van der Waals surface area (Å²) in [4.78, 5) is 9.92. The number of carbonyl (C=O) groups is 1. The van der Waals surface area contributed by atoms with Gasteiger partial charge in [0.2, 0.25) is 0 Å². The number of benzene rings is 1. The van der Waals surface area contributed by atoms with Gasteiger partial charge in [-0.05, 0) is 18.1 Å². The minimum atomic E-state index is -0.526. The number of hydrogen-bond donors (Lipinski definition) is 2. The van der Waals surface area contributed by atoms with E-state index in [2.05, 4.69) is 11.8 Å². The molecule has 3 nitrogen and oxygen atoms in total. The first-order valence-corrected chi connectivity index (χ1v) is 3.45. The van der Waals surface area contributed by atoms with Crippen LogP contribution in [0, 0.1) is 17.7 Å². The average molecular weight is 178 g/mol. The number of halogens is 1. The average Bonchev–Trinajstić information content (AvgIpc) is 2.09. The van der Waals surface area contributed by atoms with E-state index in [1.165, 1.54) is 0 Å². The van der Waals surface area contributed by atoms with Crippen LogP contribution in [0.1, 0.15) is 5.56 Å². The van der Waals surface area contributed by atoms with E-state index in [-0.39, 0.29) is 16.9 Å². The number of hydrogen-bond acceptors (Lipinski definition) is 3. The third-order valence-electron chi connectivity index (χ3n) is 1.44. The van der Waals surface area contributed by atoms with Gasteiger partial charge in [-0.2, -0.15) is 0 Å². The van der Waals surface area contributed by atoms with Crippen molar-refractivity contribution in [1.82, 2.24) is 0 Å². The Hall–Kier alpha value is -2.02. The minimum absolute atomic E-state index is 0.121. The van der Waals surface area contributed by atoms with E-state index in [0.717, 1.165) is 12.1 Å². The van der Waals surface area contributed by atoms with Gasteiger partial charge in [0.05, 0.1) is 16.9 Å². The molecule has 0 aliphatic carbocycles. The normalized spacial score (nSPS) is 8.69. The summed E-state index contributed by atoms with van der Waals surface area (Å²) >= 11 is 0. The third kappa shape index (κ3) is 1.97. The summed E-state index contributed by atoms with van der Waals surface area (Å²) in [6.07, 6.45) is 0.403. The fraction of sp³-hybridized carbons (Fsp3) is 0. The van der Waals surface area contributed by atoms with Crippen molar-refractivity contribution in [3.63, 3.8) is 0 Å². The highest BCUT2D eigenvalue weighted by Crippen LogP contribution is 2.20. The molecule has 0 aromatic heterocycles. The predicted octanol–water partition coefficient (Wildman–Crippen LogP) is 0.541. The molecule has 0 saturated heterocycles. The second-order valence-corrected chi connectivity index (χ2v) is 2.34. The van der Waals surface area contributed by atoms with Crippen LogP contribution in [0.4, 0.5) is 15.8 Å². The molecule has 0 atom stereocenters. The number of aldehydes is 1. The Balaban J connectivity index is 3.28. The first-order chi connectivity index (χ1) is 6.15. The SMILES string of the molecule is Nc1cc(F)cc(C#CC=O)c1N. The lowest BCUT2D eigenvalue weighted by Gasteiger charge is -2.02. The van der Waals surface area contributed by atoms with Crippen molar-refractivity contribution in [2.75, 3.05) is 11.5 Å². The molecule has 4 N–H and O–H groups in total. The van der Waals surface area contributed by atoms with Gasteiger partial charge in [-0.1, -0.05) is 5.92 Å². The van der Waals surface area contributed by atoms with Crippen LogP contribution in [-0.4, -0.2) is 6.29 Å². The van der Waals surface area contributed by atoms with Crippen LogP contribution in [0.3, 0.4) is 0 Å². The van der Waals surface area contributed by atoms with E-state index in [1.54, 1.807) is 0 Å². The van der Waals surface area contributed by atoms with Crippen LogP contribution >= 0.6 is 0 Å². The van der Waals surface area contributed by atoms with E-state index in [4.69, 9.17) is 11.5 Å². The van der Waals surface area contributed by atoms with Gasteiger partial charge >= 0.3 is 0 Å². The van der Waals surface area contributed by atoms with E-state index in [1.807, 2.05) is 0 Å². The van der Waals surface area contributed by atoms with Crippen molar-refractivity contribution in [3.05, 3.63) is 23.5 Å². The lowest BCUT2D eigenvalue weighted by atomic mass is 10.1. The van der Waals surface area contributed by atoms with E-state index >= 15 is 0 Å². The predicted molar refractivity (Wildman–Crippen MR) is 48.2 cm³/mol. The molecule has 0 fully saturated rings. The van der Waals surface area contributed by atoms with Gasteiger partial charge in [-0.25, -0.2) is 4.39 Å². The highest BCUT2D eigenvalue weighted by atomic mass is 19.1. The number of nitrogen functional groups attached to an aromatic ring is 2. The first kappa shape index (κ1) is 9.07. The Morgan fingerprint density at radius 3 is 2.69 bits per heavy atom. The van der Waals surface area contributed by atoms with Gasteiger partial charge < -0.3 is 11.5 Å². The van der Waals surface area contributed by atoms with Crippen LogP contribution in [0.5, 0.6) is 0 Å². The molecule has 0 spiro atoms. The Bertz CT molecular complexity index is 404. The fourth-order valence-electron chi connectivity index (χ4n) is 0.850. The van der Waals surface area contributed by atoms with Crippen molar-refractivity contribution in [2.24, 2.45) is 0 Å². The zero-order chi connectivity index (χ0) is 9.84. The van der Waals surface area contributed by atoms with Crippen LogP contribution in [-0.2, 0) is 4.79 Å². The van der Waals surface area contributed by atoms with Crippen molar-refractivity contribution >= 4 is 17.7 Å². The molecule has 0 unspecified atom stereocenters. The maximum absolute atomic E-state index is 12.7. The molecule has 0 saturated carbocycles. The molecule has 13 heavy (non-hydrogen) atoms. The lowest BCUT2D eigenvalue weighted by molar-refractivity contribution is -0.103. The molecular weight excluding hydrogens is 171 g/mol. The van der Waals surface area contributed by atoms with Crippen LogP contribution < -0.4 is 11.5 Å². The summed E-state index contributed by atoms with van der Waals surface area (Å²) < 4.78 is 12.7. The largest absolute Gasteiger partial charge is 0.397 e.